The van der Waals surface area contributed by atoms with Gasteiger partial charge in [0.1, 0.15) is 6.04 Å². The molecule has 0 bridgehead atoms. The molecular formula is C15H17BrN4O. The van der Waals surface area contributed by atoms with E-state index in [9.17, 15) is 4.79 Å². The van der Waals surface area contributed by atoms with Crippen molar-refractivity contribution in [1.82, 2.24) is 14.7 Å². The summed E-state index contributed by atoms with van der Waals surface area (Å²) in [5.41, 5.74) is 7.67. The van der Waals surface area contributed by atoms with E-state index in [0.29, 0.717) is 6.04 Å². The standard InChI is InChI=1S/C15H17BrN4O/c1-10-6-18-20(7-10)13-8-19(9-13)14(15(17)21)11-2-4-12(16)5-3-11/h2-7,13-14H,8-9H2,1H3,(H2,17,21)/t14-/m0/s1. The molecule has 1 aromatic carbocycles. The number of carbonyl (C=O) groups excluding carboxylic acids is 1. The molecule has 0 unspecified atom stereocenters. The van der Waals surface area contributed by atoms with Gasteiger partial charge in [0.05, 0.1) is 12.2 Å². The number of aromatic nitrogens is 2. The van der Waals surface area contributed by atoms with Crippen LogP contribution in [0.1, 0.15) is 23.2 Å². The van der Waals surface area contributed by atoms with Crippen molar-refractivity contribution in [2.45, 2.75) is 19.0 Å². The summed E-state index contributed by atoms with van der Waals surface area (Å²) in [6, 6.07) is 7.68. The smallest absolute Gasteiger partial charge is 0.239 e. The fraction of sp³-hybridized carbons (Fsp3) is 0.333. The monoisotopic (exact) mass is 348 g/mol. The van der Waals surface area contributed by atoms with Gasteiger partial charge in [-0.15, -0.1) is 0 Å². The summed E-state index contributed by atoms with van der Waals surface area (Å²) in [7, 11) is 0. The van der Waals surface area contributed by atoms with Crippen LogP contribution < -0.4 is 5.73 Å². The minimum Gasteiger partial charge on any atom is -0.368 e. The van der Waals surface area contributed by atoms with Crippen LogP contribution in [0.4, 0.5) is 0 Å². The topological polar surface area (TPSA) is 64.2 Å². The lowest BCUT2D eigenvalue weighted by atomic mass is 9.99. The van der Waals surface area contributed by atoms with Gasteiger partial charge in [-0.3, -0.25) is 14.4 Å². The number of hydrogen-bond donors (Lipinski definition) is 1. The van der Waals surface area contributed by atoms with E-state index < -0.39 is 0 Å². The van der Waals surface area contributed by atoms with Gasteiger partial charge < -0.3 is 5.73 Å². The van der Waals surface area contributed by atoms with Crippen LogP contribution in [0.3, 0.4) is 0 Å². The number of nitrogens with two attached hydrogens (primary N) is 1. The maximum atomic E-state index is 11.8. The fourth-order valence-corrected chi connectivity index (χ4v) is 2.96. The van der Waals surface area contributed by atoms with E-state index in [-0.39, 0.29) is 11.9 Å². The Kier molecular flexibility index (Phi) is 3.82. The molecule has 1 aliphatic heterocycles. The summed E-state index contributed by atoms with van der Waals surface area (Å²) in [4.78, 5) is 13.9. The first kappa shape index (κ1) is 14.3. The number of rotatable bonds is 4. The van der Waals surface area contributed by atoms with Gasteiger partial charge in [0.15, 0.2) is 0 Å². The highest BCUT2D eigenvalue weighted by molar-refractivity contribution is 9.10. The molecule has 1 amide bonds. The van der Waals surface area contributed by atoms with Crippen LogP contribution in [0.2, 0.25) is 0 Å². The van der Waals surface area contributed by atoms with E-state index in [0.717, 1.165) is 28.7 Å². The van der Waals surface area contributed by atoms with Crippen molar-refractivity contribution < 1.29 is 4.79 Å². The Morgan fingerprint density at radius 1 is 1.38 bits per heavy atom. The van der Waals surface area contributed by atoms with Gasteiger partial charge in [-0.2, -0.15) is 5.10 Å². The number of amides is 1. The Morgan fingerprint density at radius 3 is 2.57 bits per heavy atom. The average Bonchev–Trinajstić information content (AvgIpc) is 2.80. The van der Waals surface area contributed by atoms with Crippen molar-refractivity contribution >= 4 is 21.8 Å². The summed E-state index contributed by atoms with van der Waals surface area (Å²) in [5.74, 6) is -0.313. The van der Waals surface area contributed by atoms with Crippen molar-refractivity contribution in [1.29, 1.82) is 0 Å². The lowest BCUT2D eigenvalue weighted by Crippen LogP contribution is -2.52. The Labute approximate surface area is 131 Å². The molecule has 21 heavy (non-hydrogen) atoms. The number of primary amides is 1. The molecule has 2 aromatic rings. The van der Waals surface area contributed by atoms with Crippen molar-refractivity contribution in [2.75, 3.05) is 13.1 Å². The zero-order chi connectivity index (χ0) is 15.0. The first-order valence-corrected chi connectivity index (χ1v) is 7.63. The zero-order valence-corrected chi connectivity index (χ0v) is 13.3. The molecule has 110 valence electrons. The van der Waals surface area contributed by atoms with E-state index in [4.69, 9.17) is 5.73 Å². The second-order valence-electron chi connectivity index (χ2n) is 5.46. The third-order valence-electron chi connectivity index (χ3n) is 3.82. The number of carbonyl (C=O) groups is 1. The van der Waals surface area contributed by atoms with Crippen LogP contribution >= 0.6 is 15.9 Å². The summed E-state index contributed by atoms with van der Waals surface area (Å²) in [6.07, 6.45) is 3.88. The number of likely N-dealkylation sites (tertiary alicyclic amines) is 1. The maximum absolute atomic E-state index is 11.8. The Balaban J connectivity index is 1.73. The lowest BCUT2D eigenvalue weighted by molar-refractivity contribution is -0.126. The molecule has 5 nitrogen and oxygen atoms in total. The molecule has 2 N–H and O–H groups in total. The minimum absolute atomic E-state index is 0.313. The number of nitrogens with zero attached hydrogens (tertiary/aromatic N) is 3. The highest BCUT2D eigenvalue weighted by atomic mass is 79.9. The summed E-state index contributed by atoms with van der Waals surface area (Å²) in [6.45, 7) is 3.59. The molecule has 3 rings (SSSR count). The number of aryl methyl sites for hydroxylation is 1. The molecule has 0 saturated carbocycles. The first-order valence-electron chi connectivity index (χ1n) is 6.84. The van der Waals surface area contributed by atoms with Crippen LogP contribution in [0.25, 0.3) is 0 Å². The Morgan fingerprint density at radius 2 is 2.05 bits per heavy atom. The highest BCUT2D eigenvalue weighted by Crippen LogP contribution is 2.31. The SMILES string of the molecule is Cc1cnn(C2CN([C@H](C(N)=O)c3ccc(Br)cc3)C2)c1. The van der Waals surface area contributed by atoms with E-state index in [2.05, 4.69) is 25.9 Å². The molecule has 0 radical (unpaired) electrons. The Bertz CT molecular complexity index is 646. The quantitative estimate of drug-likeness (QED) is 0.919. The summed E-state index contributed by atoms with van der Waals surface area (Å²) >= 11 is 3.40. The largest absolute Gasteiger partial charge is 0.368 e. The van der Waals surface area contributed by atoms with Crippen LogP contribution in [0, 0.1) is 6.92 Å². The molecule has 1 aliphatic rings. The Hall–Kier alpha value is -1.66. The second-order valence-corrected chi connectivity index (χ2v) is 6.38. The van der Waals surface area contributed by atoms with E-state index >= 15 is 0 Å². The van der Waals surface area contributed by atoms with Gasteiger partial charge in [-0.05, 0) is 30.2 Å². The lowest BCUT2D eigenvalue weighted by Gasteiger charge is -2.43. The van der Waals surface area contributed by atoms with Gasteiger partial charge in [0, 0.05) is 23.8 Å². The van der Waals surface area contributed by atoms with Crippen LogP contribution in [-0.4, -0.2) is 33.7 Å². The molecule has 6 heteroatoms. The molecule has 1 fully saturated rings. The maximum Gasteiger partial charge on any atom is 0.239 e. The molecule has 0 spiro atoms. The zero-order valence-electron chi connectivity index (χ0n) is 11.7. The van der Waals surface area contributed by atoms with Crippen molar-refractivity contribution in [3.8, 4) is 0 Å². The van der Waals surface area contributed by atoms with Gasteiger partial charge >= 0.3 is 0 Å². The van der Waals surface area contributed by atoms with E-state index in [1.54, 1.807) is 0 Å². The third-order valence-corrected chi connectivity index (χ3v) is 4.34. The van der Waals surface area contributed by atoms with Gasteiger partial charge in [-0.1, -0.05) is 28.1 Å². The molecule has 0 aliphatic carbocycles. The fourth-order valence-electron chi connectivity index (χ4n) is 2.70. The average molecular weight is 349 g/mol. The second kappa shape index (κ2) is 5.61. The predicted octanol–water partition coefficient (Wildman–Crippen LogP) is 2.04. The van der Waals surface area contributed by atoms with Gasteiger partial charge in [0.25, 0.3) is 0 Å². The summed E-state index contributed by atoms with van der Waals surface area (Å²) < 4.78 is 2.95. The minimum atomic E-state index is -0.369. The van der Waals surface area contributed by atoms with Crippen LogP contribution in [0.15, 0.2) is 41.1 Å². The third kappa shape index (κ3) is 2.87. The van der Waals surface area contributed by atoms with Crippen LogP contribution in [0.5, 0.6) is 0 Å². The normalized spacial score (nSPS) is 17.4. The predicted molar refractivity (Wildman–Crippen MR) is 83.7 cm³/mol. The number of benzene rings is 1. The molecule has 1 saturated heterocycles. The highest BCUT2D eigenvalue weighted by Gasteiger charge is 2.37. The van der Waals surface area contributed by atoms with Gasteiger partial charge in [0.2, 0.25) is 5.91 Å². The van der Waals surface area contributed by atoms with E-state index in [1.807, 2.05) is 48.3 Å². The number of hydrogen-bond acceptors (Lipinski definition) is 3. The van der Waals surface area contributed by atoms with Gasteiger partial charge in [-0.25, -0.2) is 0 Å². The summed E-state index contributed by atoms with van der Waals surface area (Å²) in [5, 5.41) is 4.33. The van der Waals surface area contributed by atoms with Crippen molar-refractivity contribution in [2.24, 2.45) is 5.73 Å². The molecular weight excluding hydrogens is 332 g/mol. The van der Waals surface area contributed by atoms with Crippen LogP contribution in [-0.2, 0) is 4.79 Å². The molecule has 2 heterocycles. The van der Waals surface area contributed by atoms with E-state index in [1.165, 1.54) is 0 Å². The number of halogens is 1. The molecule has 1 aromatic heterocycles. The first-order chi connectivity index (χ1) is 10.0. The molecule has 1 atom stereocenters. The van der Waals surface area contributed by atoms with Crippen molar-refractivity contribution in [3.05, 3.63) is 52.3 Å². The van der Waals surface area contributed by atoms with Crippen molar-refractivity contribution in [3.63, 3.8) is 0 Å².